The van der Waals surface area contributed by atoms with Gasteiger partial charge in [-0.2, -0.15) is 0 Å². The first kappa shape index (κ1) is 12.7. The number of fused-ring (bicyclic) bond motifs is 1. The second-order valence-corrected chi connectivity index (χ2v) is 6.27. The van der Waals surface area contributed by atoms with Crippen molar-refractivity contribution >= 4 is 6.08 Å². The summed E-state index contributed by atoms with van der Waals surface area (Å²) in [6.07, 6.45) is 9.74. The lowest BCUT2D eigenvalue weighted by atomic mass is 10.0. The molecule has 1 aromatic carbocycles. The molecule has 1 aromatic rings. The maximum atomic E-state index is 5.94. The molecule has 2 aliphatic rings. The van der Waals surface area contributed by atoms with Crippen LogP contribution in [0.15, 0.2) is 24.3 Å². The lowest BCUT2D eigenvalue weighted by Crippen LogP contribution is -2.28. The van der Waals surface area contributed by atoms with Gasteiger partial charge in [0.15, 0.2) is 0 Å². The number of hydrogen-bond acceptors (Lipinski definition) is 2. The summed E-state index contributed by atoms with van der Waals surface area (Å²) < 4.78 is 5.94. The highest BCUT2D eigenvalue weighted by atomic mass is 16.5. The van der Waals surface area contributed by atoms with Gasteiger partial charge in [0.2, 0.25) is 0 Å². The summed E-state index contributed by atoms with van der Waals surface area (Å²) in [6, 6.07) is 7.24. The molecule has 19 heavy (non-hydrogen) atoms. The number of ether oxygens (including phenoxy) is 1. The molecular weight excluding hydrogens is 234 g/mol. The fourth-order valence-corrected chi connectivity index (χ4v) is 2.93. The molecule has 0 atom stereocenters. The zero-order valence-electron chi connectivity index (χ0n) is 11.9. The van der Waals surface area contributed by atoms with Crippen LogP contribution in [-0.2, 0) is 6.54 Å². The molecule has 0 aromatic heterocycles. The van der Waals surface area contributed by atoms with Gasteiger partial charge in [-0.25, -0.2) is 0 Å². The first-order chi connectivity index (χ1) is 9.12. The quantitative estimate of drug-likeness (QED) is 0.886. The summed E-state index contributed by atoms with van der Waals surface area (Å²) in [7, 11) is 0. The van der Waals surface area contributed by atoms with Crippen molar-refractivity contribution in [2.24, 2.45) is 0 Å². The molecule has 1 saturated carbocycles. The van der Waals surface area contributed by atoms with Gasteiger partial charge in [-0.15, -0.1) is 0 Å². The van der Waals surface area contributed by atoms with E-state index in [2.05, 4.69) is 49.5 Å². The zero-order chi connectivity index (χ0) is 13.3. The van der Waals surface area contributed by atoms with Crippen LogP contribution in [0.5, 0.6) is 5.75 Å². The van der Waals surface area contributed by atoms with Crippen LogP contribution >= 0.6 is 0 Å². The van der Waals surface area contributed by atoms with E-state index < -0.39 is 0 Å². The Hall–Kier alpha value is -1.28. The summed E-state index contributed by atoms with van der Waals surface area (Å²) in [5, 5.41) is 3.66. The monoisotopic (exact) mass is 257 g/mol. The molecule has 1 aliphatic heterocycles. The third-order valence-corrected chi connectivity index (χ3v) is 4.06. The van der Waals surface area contributed by atoms with E-state index in [1.54, 1.807) is 0 Å². The van der Waals surface area contributed by atoms with Gasteiger partial charge in [0.1, 0.15) is 11.4 Å². The van der Waals surface area contributed by atoms with E-state index in [1.165, 1.54) is 36.8 Å². The van der Waals surface area contributed by atoms with Crippen molar-refractivity contribution in [3.05, 3.63) is 35.4 Å². The summed E-state index contributed by atoms with van der Waals surface area (Å²) >= 11 is 0. The molecule has 1 fully saturated rings. The zero-order valence-corrected chi connectivity index (χ0v) is 11.9. The smallest absolute Gasteiger partial charge is 0.127 e. The predicted molar refractivity (Wildman–Crippen MR) is 79.3 cm³/mol. The Kier molecular flexibility index (Phi) is 3.36. The normalized spacial score (nSPS) is 21.2. The van der Waals surface area contributed by atoms with Gasteiger partial charge < -0.3 is 10.1 Å². The van der Waals surface area contributed by atoms with Gasteiger partial charge >= 0.3 is 0 Å². The van der Waals surface area contributed by atoms with Gasteiger partial charge in [-0.1, -0.05) is 25.0 Å². The highest BCUT2D eigenvalue weighted by molar-refractivity contribution is 5.61. The van der Waals surface area contributed by atoms with E-state index in [0.717, 1.165) is 18.3 Å². The number of benzene rings is 1. The lowest BCUT2D eigenvalue weighted by molar-refractivity contribution is 0.159. The average molecular weight is 257 g/mol. The number of nitrogens with one attached hydrogen (secondary N) is 1. The van der Waals surface area contributed by atoms with Crippen molar-refractivity contribution < 1.29 is 4.74 Å². The van der Waals surface area contributed by atoms with E-state index >= 15 is 0 Å². The van der Waals surface area contributed by atoms with Crippen LogP contribution in [0.25, 0.3) is 6.08 Å². The van der Waals surface area contributed by atoms with Crippen molar-refractivity contribution in [3.8, 4) is 5.75 Å². The molecule has 1 heterocycles. The second-order valence-electron chi connectivity index (χ2n) is 6.27. The van der Waals surface area contributed by atoms with Crippen LogP contribution in [0.2, 0.25) is 0 Å². The number of hydrogen-bond donors (Lipinski definition) is 1. The fraction of sp³-hybridized carbons (Fsp3) is 0.529. The highest BCUT2D eigenvalue weighted by Crippen LogP contribution is 2.31. The summed E-state index contributed by atoms with van der Waals surface area (Å²) in [6.45, 7) is 5.14. The van der Waals surface area contributed by atoms with Crippen LogP contribution in [0.1, 0.15) is 50.7 Å². The SMILES string of the molecule is CC1(C)C=Cc2cc(CNC3CCCC3)ccc2O1. The molecule has 0 saturated heterocycles. The summed E-state index contributed by atoms with van der Waals surface area (Å²) in [5.74, 6) is 0.997. The molecule has 1 N–H and O–H groups in total. The first-order valence-corrected chi connectivity index (χ1v) is 7.37. The topological polar surface area (TPSA) is 21.3 Å². The summed E-state index contributed by atoms with van der Waals surface area (Å²) in [5.41, 5.74) is 2.36. The van der Waals surface area contributed by atoms with Crippen molar-refractivity contribution in [1.29, 1.82) is 0 Å². The van der Waals surface area contributed by atoms with Crippen LogP contribution in [-0.4, -0.2) is 11.6 Å². The van der Waals surface area contributed by atoms with E-state index in [9.17, 15) is 0 Å². The number of rotatable bonds is 3. The third kappa shape index (κ3) is 3.01. The molecule has 0 unspecified atom stereocenters. The largest absolute Gasteiger partial charge is 0.483 e. The molecule has 2 nitrogen and oxygen atoms in total. The van der Waals surface area contributed by atoms with Crippen LogP contribution in [0, 0.1) is 0 Å². The van der Waals surface area contributed by atoms with E-state index in [1.807, 2.05) is 0 Å². The van der Waals surface area contributed by atoms with Crippen molar-refractivity contribution in [1.82, 2.24) is 5.32 Å². The van der Waals surface area contributed by atoms with E-state index in [0.29, 0.717) is 0 Å². The van der Waals surface area contributed by atoms with Crippen LogP contribution < -0.4 is 10.1 Å². The Balaban J connectivity index is 1.68. The highest BCUT2D eigenvalue weighted by Gasteiger charge is 2.21. The van der Waals surface area contributed by atoms with Gasteiger partial charge in [-0.05, 0) is 50.5 Å². The maximum absolute atomic E-state index is 5.94. The molecule has 102 valence electrons. The minimum absolute atomic E-state index is 0.184. The molecule has 0 radical (unpaired) electrons. The van der Waals surface area contributed by atoms with Crippen LogP contribution in [0.4, 0.5) is 0 Å². The van der Waals surface area contributed by atoms with Gasteiger partial charge in [0, 0.05) is 18.2 Å². The maximum Gasteiger partial charge on any atom is 0.127 e. The first-order valence-electron chi connectivity index (χ1n) is 7.37. The van der Waals surface area contributed by atoms with Gasteiger partial charge in [0.05, 0.1) is 0 Å². The molecular formula is C17H23NO. The standard InChI is InChI=1S/C17H23NO/c1-17(2)10-9-14-11-13(7-8-16(14)19-17)12-18-15-5-3-4-6-15/h7-11,15,18H,3-6,12H2,1-2H3. The Bertz CT molecular complexity index is 484. The average Bonchev–Trinajstić information content (AvgIpc) is 2.88. The molecule has 3 rings (SSSR count). The van der Waals surface area contributed by atoms with E-state index in [4.69, 9.17) is 4.74 Å². The minimum Gasteiger partial charge on any atom is -0.483 e. The van der Waals surface area contributed by atoms with Gasteiger partial charge in [-0.3, -0.25) is 0 Å². The third-order valence-electron chi connectivity index (χ3n) is 4.06. The Morgan fingerprint density at radius 3 is 2.84 bits per heavy atom. The fourth-order valence-electron chi connectivity index (χ4n) is 2.93. The van der Waals surface area contributed by atoms with Gasteiger partial charge in [0.25, 0.3) is 0 Å². The van der Waals surface area contributed by atoms with Crippen molar-refractivity contribution in [2.75, 3.05) is 0 Å². The Morgan fingerprint density at radius 2 is 2.05 bits per heavy atom. The van der Waals surface area contributed by atoms with Crippen molar-refractivity contribution in [3.63, 3.8) is 0 Å². The van der Waals surface area contributed by atoms with Crippen LogP contribution in [0.3, 0.4) is 0 Å². The second kappa shape index (κ2) is 5.01. The Labute approximate surface area is 115 Å². The molecule has 0 spiro atoms. The molecule has 0 amide bonds. The molecule has 0 bridgehead atoms. The predicted octanol–water partition coefficient (Wildman–Crippen LogP) is 3.90. The summed E-state index contributed by atoms with van der Waals surface area (Å²) in [4.78, 5) is 0. The lowest BCUT2D eigenvalue weighted by Gasteiger charge is -2.28. The molecule has 1 aliphatic carbocycles. The van der Waals surface area contributed by atoms with Crippen molar-refractivity contribution in [2.45, 2.75) is 57.7 Å². The molecule has 2 heteroatoms. The van der Waals surface area contributed by atoms with E-state index in [-0.39, 0.29) is 5.60 Å². The minimum atomic E-state index is -0.184. The Morgan fingerprint density at radius 1 is 1.26 bits per heavy atom.